The van der Waals surface area contributed by atoms with Crippen LogP contribution < -0.4 is 5.73 Å². The Balaban J connectivity index is 2.08. The van der Waals surface area contributed by atoms with Crippen LogP contribution in [0.15, 0.2) is 29.2 Å². The standard InChI is InChI=1S/C13H19NOS/c1-10-5-7-12(8-6-10)16(15)13-4-2-3-11(14)9-13/h2-4,9-10,12H,5-8,14H2,1H3. The molecule has 1 saturated carbocycles. The van der Waals surface area contributed by atoms with Gasteiger partial charge in [0.25, 0.3) is 0 Å². The molecule has 0 aromatic heterocycles. The van der Waals surface area contributed by atoms with Gasteiger partial charge in [0.05, 0.1) is 10.8 Å². The van der Waals surface area contributed by atoms with E-state index in [4.69, 9.17) is 5.73 Å². The number of hydrogen-bond acceptors (Lipinski definition) is 2. The maximum atomic E-state index is 12.3. The van der Waals surface area contributed by atoms with Gasteiger partial charge >= 0.3 is 0 Å². The average molecular weight is 237 g/mol. The van der Waals surface area contributed by atoms with E-state index < -0.39 is 10.8 Å². The normalized spacial score (nSPS) is 27.6. The van der Waals surface area contributed by atoms with Gasteiger partial charge in [-0.1, -0.05) is 13.0 Å². The second kappa shape index (κ2) is 5.00. The SMILES string of the molecule is CC1CCC(S(=O)c2cccc(N)c2)CC1. The fraction of sp³-hybridized carbons (Fsp3) is 0.538. The minimum Gasteiger partial charge on any atom is -0.399 e. The summed E-state index contributed by atoms with van der Waals surface area (Å²) < 4.78 is 12.3. The zero-order chi connectivity index (χ0) is 11.5. The Kier molecular flexibility index (Phi) is 3.64. The summed E-state index contributed by atoms with van der Waals surface area (Å²) in [7, 11) is -0.875. The fourth-order valence-corrected chi connectivity index (χ4v) is 3.83. The first-order valence-corrected chi connectivity index (χ1v) is 7.14. The van der Waals surface area contributed by atoms with Crippen LogP contribution in [0.25, 0.3) is 0 Å². The van der Waals surface area contributed by atoms with E-state index >= 15 is 0 Å². The average Bonchev–Trinajstić information content (AvgIpc) is 2.29. The van der Waals surface area contributed by atoms with Gasteiger partial charge < -0.3 is 5.73 Å². The summed E-state index contributed by atoms with van der Waals surface area (Å²) in [6, 6.07) is 7.48. The van der Waals surface area contributed by atoms with E-state index in [2.05, 4.69) is 6.92 Å². The third-order valence-corrected chi connectivity index (χ3v) is 5.15. The highest BCUT2D eigenvalue weighted by molar-refractivity contribution is 7.85. The van der Waals surface area contributed by atoms with Crippen LogP contribution in [0.3, 0.4) is 0 Å². The molecular weight excluding hydrogens is 218 g/mol. The van der Waals surface area contributed by atoms with Crippen molar-refractivity contribution in [3.63, 3.8) is 0 Å². The Morgan fingerprint density at radius 2 is 1.94 bits per heavy atom. The summed E-state index contributed by atoms with van der Waals surface area (Å²) in [5.74, 6) is 0.800. The van der Waals surface area contributed by atoms with Crippen molar-refractivity contribution in [3.05, 3.63) is 24.3 Å². The Bertz CT molecular complexity index is 383. The Labute approximate surface area is 99.7 Å². The van der Waals surface area contributed by atoms with Gasteiger partial charge in [-0.25, -0.2) is 0 Å². The summed E-state index contributed by atoms with van der Waals surface area (Å²) in [6.07, 6.45) is 4.59. The van der Waals surface area contributed by atoms with Gasteiger partial charge in [-0.05, 0) is 49.8 Å². The molecule has 3 heteroatoms. The highest BCUT2D eigenvalue weighted by Crippen LogP contribution is 2.29. The van der Waals surface area contributed by atoms with Gasteiger partial charge in [0, 0.05) is 15.8 Å². The lowest BCUT2D eigenvalue weighted by Gasteiger charge is -2.25. The fourth-order valence-electron chi connectivity index (χ4n) is 2.28. The van der Waals surface area contributed by atoms with E-state index in [9.17, 15) is 4.21 Å². The predicted octanol–water partition coefficient (Wildman–Crippen LogP) is 2.96. The van der Waals surface area contributed by atoms with E-state index in [1.165, 1.54) is 12.8 Å². The Morgan fingerprint density at radius 3 is 2.56 bits per heavy atom. The molecule has 0 heterocycles. The molecule has 0 spiro atoms. The maximum absolute atomic E-state index is 12.3. The van der Waals surface area contributed by atoms with Crippen LogP contribution in [0.5, 0.6) is 0 Å². The first kappa shape index (κ1) is 11.6. The third kappa shape index (κ3) is 2.64. The van der Waals surface area contributed by atoms with Crippen LogP contribution in [0, 0.1) is 5.92 Å². The van der Waals surface area contributed by atoms with Crippen LogP contribution in [0.1, 0.15) is 32.6 Å². The van der Waals surface area contributed by atoms with Crippen molar-refractivity contribution in [3.8, 4) is 0 Å². The zero-order valence-corrected chi connectivity index (χ0v) is 10.5. The predicted molar refractivity (Wildman–Crippen MR) is 68.7 cm³/mol. The van der Waals surface area contributed by atoms with Gasteiger partial charge in [0.2, 0.25) is 0 Å². The molecule has 1 unspecified atom stereocenters. The molecule has 1 atom stereocenters. The molecule has 0 bridgehead atoms. The second-order valence-corrected chi connectivity index (χ2v) is 6.48. The maximum Gasteiger partial charge on any atom is 0.0561 e. The second-order valence-electron chi connectivity index (χ2n) is 4.75. The first-order valence-electron chi connectivity index (χ1n) is 5.93. The topological polar surface area (TPSA) is 43.1 Å². The van der Waals surface area contributed by atoms with E-state index in [0.717, 1.165) is 23.7 Å². The molecular formula is C13H19NOS. The minimum atomic E-state index is -0.875. The Morgan fingerprint density at radius 1 is 1.25 bits per heavy atom. The monoisotopic (exact) mass is 237 g/mol. The van der Waals surface area contributed by atoms with Crippen LogP contribution in [-0.2, 0) is 10.8 Å². The summed E-state index contributed by atoms with van der Waals surface area (Å²) >= 11 is 0. The molecule has 1 aromatic carbocycles. The van der Waals surface area contributed by atoms with Crippen LogP contribution >= 0.6 is 0 Å². The van der Waals surface area contributed by atoms with Crippen LogP contribution in [0.4, 0.5) is 5.69 Å². The van der Waals surface area contributed by atoms with E-state index in [1.54, 1.807) is 0 Å². The minimum absolute atomic E-state index is 0.331. The van der Waals surface area contributed by atoms with Crippen molar-refractivity contribution >= 4 is 16.5 Å². The lowest BCUT2D eigenvalue weighted by Crippen LogP contribution is -2.22. The van der Waals surface area contributed by atoms with Crippen molar-refractivity contribution in [1.29, 1.82) is 0 Å². The van der Waals surface area contributed by atoms with Gasteiger partial charge in [0.1, 0.15) is 0 Å². The van der Waals surface area contributed by atoms with Gasteiger partial charge in [-0.3, -0.25) is 4.21 Å². The van der Waals surface area contributed by atoms with Gasteiger partial charge in [0.15, 0.2) is 0 Å². The molecule has 1 aliphatic rings. The van der Waals surface area contributed by atoms with Crippen molar-refractivity contribution in [1.82, 2.24) is 0 Å². The molecule has 0 amide bonds. The molecule has 1 aromatic rings. The van der Waals surface area contributed by atoms with Crippen molar-refractivity contribution in [2.24, 2.45) is 5.92 Å². The molecule has 1 fully saturated rings. The quantitative estimate of drug-likeness (QED) is 0.804. The first-order chi connectivity index (χ1) is 7.66. The molecule has 0 saturated heterocycles. The molecule has 16 heavy (non-hydrogen) atoms. The number of hydrogen-bond donors (Lipinski definition) is 1. The van der Waals surface area contributed by atoms with E-state index in [-0.39, 0.29) is 0 Å². The van der Waals surface area contributed by atoms with Gasteiger partial charge in [-0.2, -0.15) is 0 Å². The van der Waals surface area contributed by atoms with E-state index in [1.807, 2.05) is 24.3 Å². The highest BCUT2D eigenvalue weighted by atomic mass is 32.2. The van der Waals surface area contributed by atoms with E-state index in [0.29, 0.717) is 10.9 Å². The summed E-state index contributed by atoms with van der Waals surface area (Å²) in [4.78, 5) is 0.888. The summed E-state index contributed by atoms with van der Waals surface area (Å²) in [6.45, 7) is 2.28. The van der Waals surface area contributed by atoms with Crippen molar-refractivity contribution in [2.75, 3.05) is 5.73 Å². The van der Waals surface area contributed by atoms with Crippen molar-refractivity contribution in [2.45, 2.75) is 42.8 Å². The molecule has 1 aliphatic carbocycles. The lowest BCUT2D eigenvalue weighted by molar-refractivity contribution is 0.389. The zero-order valence-electron chi connectivity index (χ0n) is 9.69. The van der Waals surface area contributed by atoms with Crippen LogP contribution in [0.2, 0.25) is 0 Å². The number of anilines is 1. The largest absolute Gasteiger partial charge is 0.399 e. The summed E-state index contributed by atoms with van der Waals surface area (Å²) in [5.41, 5.74) is 6.42. The number of nitrogens with two attached hydrogens (primary N) is 1. The molecule has 2 rings (SSSR count). The molecule has 0 aliphatic heterocycles. The molecule has 2 N–H and O–H groups in total. The Hall–Kier alpha value is -0.830. The van der Waals surface area contributed by atoms with Gasteiger partial charge in [-0.15, -0.1) is 0 Å². The number of rotatable bonds is 2. The molecule has 2 nitrogen and oxygen atoms in total. The van der Waals surface area contributed by atoms with Crippen LogP contribution in [-0.4, -0.2) is 9.46 Å². The third-order valence-electron chi connectivity index (χ3n) is 3.36. The summed E-state index contributed by atoms with van der Waals surface area (Å²) in [5, 5.41) is 0.331. The smallest absolute Gasteiger partial charge is 0.0561 e. The number of benzene rings is 1. The highest BCUT2D eigenvalue weighted by Gasteiger charge is 2.24. The number of nitrogen functional groups attached to an aromatic ring is 1. The lowest BCUT2D eigenvalue weighted by atomic mass is 9.91. The molecule has 0 radical (unpaired) electrons. The van der Waals surface area contributed by atoms with Crippen molar-refractivity contribution < 1.29 is 4.21 Å². The molecule has 88 valence electrons.